The summed E-state index contributed by atoms with van der Waals surface area (Å²) < 4.78 is 0. The normalized spacial score (nSPS) is 26.8. The Morgan fingerprint density at radius 3 is 2.29 bits per heavy atom. The second kappa shape index (κ2) is 3.69. The lowest BCUT2D eigenvalue weighted by molar-refractivity contribution is -0.0698. The van der Waals surface area contributed by atoms with E-state index in [2.05, 4.69) is 0 Å². The first-order valence-corrected chi connectivity index (χ1v) is 5.75. The van der Waals surface area contributed by atoms with E-state index < -0.39 is 11.7 Å². The van der Waals surface area contributed by atoms with Crippen LogP contribution >= 0.6 is 0 Å². The van der Waals surface area contributed by atoms with Crippen molar-refractivity contribution in [3.8, 4) is 0 Å². The Kier molecular flexibility index (Phi) is 2.28. The van der Waals surface area contributed by atoms with Gasteiger partial charge in [-0.3, -0.25) is 0 Å². The third kappa shape index (κ3) is 1.49. The van der Waals surface area contributed by atoms with E-state index in [0.29, 0.717) is 6.42 Å². The van der Waals surface area contributed by atoms with E-state index in [1.165, 1.54) is 0 Å². The zero-order valence-electron chi connectivity index (χ0n) is 9.38. The van der Waals surface area contributed by atoms with Crippen LogP contribution in [0, 0.1) is 0 Å². The molecule has 0 radical (unpaired) electrons. The number of hydrogen-bond donors (Lipinski definition) is 2. The molecule has 0 saturated heterocycles. The largest absolute Gasteiger partial charge is 0.385 e. The minimum Gasteiger partial charge on any atom is -0.385 e. The summed E-state index contributed by atoms with van der Waals surface area (Å²) in [5.74, 6) is 0. The van der Waals surface area contributed by atoms with Crippen LogP contribution in [0.25, 0.3) is 0 Å². The number of hydrogen-bond acceptors (Lipinski definition) is 2. The molecule has 2 unspecified atom stereocenters. The van der Waals surface area contributed by atoms with Crippen molar-refractivity contribution in [2.75, 3.05) is 0 Å². The lowest BCUT2D eigenvalue weighted by Crippen LogP contribution is -2.30. The van der Waals surface area contributed by atoms with Crippen molar-refractivity contribution in [3.05, 3.63) is 71.3 Å². The van der Waals surface area contributed by atoms with Gasteiger partial charge < -0.3 is 10.2 Å². The third-order valence-corrected chi connectivity index (χ3v) is 3.54. The summed E-state index contributed by atoms with van der Waals surface area (Å²) in [5, 5.41) is 21.0. The average molecular weight is 226 g/mol. The fourth-order valence-corrected chi connectivity index (χ4v) is 2.59. The van der Waals surface area contributed by atoms with Gasteiger partial charge in [0.05, 0.1) is 0 Å². The van der Waals surface area contributed by atoms with Crippen LogP contribution in [0.3, 0.4) is 0 Å². The molecule has 2 aromatic rings. The van der Waals surface area contributed by atoms with E-state index in [1.807, 2.05) is 54.6 Å². The fourth-order valence-electron chi connectivity index (χ4n) is 2.59. The molecule has 0 saturated carbocycles. The number of aliphatic hydroxyl groups excluding tert-OH is 1. The number of benzene rings is 2. The first-order valence-electron chi connectivity index (χ1n) is 5.75. The van der Waals surface area contributed by atoms with Crippen molar-refractivity contribution < 1.29 is 10.2 Å². The molecule has 3 rings (SSSR count). The summed E-state index contributed by atoms with van der Waals surface area (Å²) in [7, 11) is 0. The van der Waals surface area contributed by atoms with Crippen LogP contribution in [0.2, 0.25) is 0 Å². The smallest absolute Gasteiger partial charge is 0.124 e. The molecule has 0 bridgehead atoms. The molecule has 2 nitrogen and oxygen atoms in total. The Morgan fingerprint density at radius 2 is 1.59 bits per heavy atom. The van der Waals surface area contributed by atoms with Crippen LogP contribution in [-0.4, -0.2) is 10.2 Å². The highest BCUT2D eigenvalue weighted by atomic mass is 16.3. The molecule has 2 heteroatoms. The molecule has 0 amide bonds. The van der Waals surface area contributed by atoms with Crippen molar-refractivity contribution in [1.82, 2.24) is 0 Å². The van der Waals surface area contributed by atoms with Gasteiger partial charge in [-0.15, -0.1) is 0 Å². The van der Waals surface area contributed by atoms with Crippen molar-refractivity contribution in [1.29, 1.82) is 0 Å². The quantitative estimate of drug-likeness (QED) is 0.782. The second-order valence-electron chi connectivity index (χ2n) is 4.57. The maximum absolute atomic E-state index is 10.7. The predicted molar refractivity (Wildman–Crippen MR) is 65.4 cm³/mol. The average Bonchev–Trinajstić information content (AvgIpc) is 2.65. The molecular formula is C15H14O2. The summed E-state index contributed by atoms with van der Waals surface area (Å²) in [6.07, 6.45) is -0.380. The summed E-state index contributed by atoms with van der Waals surface area (Å²) in [6, 6.07) is 17.0. The van der Waals surface area contributed by atoms with Gasteiger partial charge in [0.2, 0.25) is 0 Å². The fraction of sp³-hybridized carbons (Fsp3) is 0.200. The highest BCUT2D eigenvalue weighted by Gasteiger charge is 2.44. The minimum absolute atomic E-state index is 0.467. The van der Waals surface area contributed by atoms with Crippen LogP contribution in [0.5, 0.6) is 0 Å². The standard InChI is InChI=1S/C15H14O2/c16-14-13-9-5-4-6-11(13)10-15(14,17)12-7-2-1-3-8-12/h1-9,14,16-17H,10H2. The molecule has 2 aromatic carbocycles. The maximum atomic E-state index is 10.7. The van der Waals surface area contributed by atoms with E-state index >= 15 is 0 Å². The number of fused-ring (bicyclic) bond motifs is 1. The van der Waals surface area contributed by atoms with Crippen LogP contribution in [0.15, 0.2) is 54.6 Å². The zero-order chi connectivity index (χ0) is 11.9. The Labute approximate surface area is 100 Å². The number of aliphatic hydroxyl groups is 2. The van der Waals surface area contributed by atoms with Crippen molar-refractivity contribution in [2.45, 2.75) is 18.1 Å². The van der Waals surface area contributed by atoms with Crippen LogP contribution in [-0.2, 0) is 12.0 Å². The van der Waals surface area contributed by atoms with Crippen LogP contribution < -0.4 is 0 Å². The molecule has 0 aromatic heterocycles. The molecule has 2 N–H and O–H groups in total. The van der Waals surface area contributed by atoms with Gasteiger partial charge >= 0.3 is 0 Å². The van der Waals surface area contributed by atoms with Gasteiger partial charge in [0, 0.05) is 6.42 Å². The lowest BCUT2D eigenvalue weighted by atomic mass is 9.89. The Bertz CT molecular complexity index is 536. The minimum atomic E-state index is -1.19. The van der Waals surface area contributed by atoms with Gasteiger partial charge in [-0.05, 0) is 16.7 Å². The Hall–Kier alpha value is -1.64. The maximum Gasteiger partial charge on any atom is 0.124 e. The van der Waals surface area contributed by atoms with Gasteiger partial charge in [-0.1, -0.05) is 54.6 Å². The molecule has 0 aliphatic heterocycles. The summed E-state index contributed by atoms with van der Waals surface area (Å²) in [4.78, 5) is 0. The molecule has 86 valence electrons. The molecule has 0 heterocycles. The summed E-state index contributed by atoms with van der Waals surface area (Å²) >= 11 is 0. The predicted octanol–water partition coefficient (Wildman–Crippen LogP) is 2.16. The molecule has 17 heavy (non-hydrogen) atoms. The molecule has 1 aliphatic carbocycles. The van der Waals surface area contributed by atoms with Crippen molar-refractivity contribution in [2.24, 2.45) is 0 Å². The molecule has 0 fully saturated rings. The summed E-state index contributed by atoms with van der Waals surface area (Å²) in [5.41, 5.74) is 1.43. The first-order chi connectivity index (χ1) is 8.22. The van der Waals surface area contributed by atoms with Crippen LogP contribution in [0.4, 0.5) is 0 Å². The molecular weight excluding hydrogens is 212 g/mol. The molecule has 0 spiro atoms. The monoisotopic (exact) mass is 226 g/mol. The SMILES string of the molecule is OC1c2ccccc2CC1(O)c1ccccc1. The van der Waals surface area contributed by atoms with Gasteiger partial charge in [-0.25, -0.2) is 0 Å². The molecule has 2 atom stereocenters. The topological polar surface area (TPSA) is 40.5 Å². The van der Waals surface area contributed by atoms with E-state index in [-0.39, 0.29) is 0 Å². The highest BCUT2D eigenvalue weighted by Crippen LogP contribution is 2.45. The van der Waals surface area contributed by atoms with Gasteiger partial charge in [0.25, 0.3) is 0 Å². The van der Waals surface area contributed by atoms with Gasteiger partial charge in [0.1, 0.15) is 11.7 Å². The Morgan fingerprint density at radius 1 is 0.941 bits per heavy atom. The first kappa shape index (κ1) is 10.5. The molecule has 1 aliphatic rings. The van der Waals surface area contributed by atoms with Crippen molar-refractivity contribution >= 4 is 0 Å². The van der Waals surface area contributed by atoms with Crippen LogP contribution in [0.1, 0.15) is 22.8 Å². The van der Waals surface area contributed by atoms with E-state index in [0.717, 1.165) is 16.7 Å². The van der Waals surface area contributed by atoms with Gasteiger partial charge in [-0.2, -0.15) is 0 Å². The van der Waals surface area contributed by atoms with Crippen molar-refractivity contribution in [3.63, 3.8) is 0 Å². The Balaban J connectivity index is 2.09. The van der Waals surface area contributed by atoms with Gasteiger partial charge in [0.15, 0.2) is 0 Å². The van der Waals surface area contributed by atoms with E-state index in [4.69, 9.17) is 0 Å². The highest BCUT2D eigenvalue weighted by molar-refractivity contribution is 5.42. The third-order valence-electron chi connectivity index (χ3n) is 3.54. The van der Waals surface area contributed by atoms with E-state index in [9.17, 15) is 10.2 Å². The number of rotatable bonds is 1. The second-order valence-corrected chi connectivity index (χ2v) is 4.57. The zero-order valence-corrected chi connectivity index (χ0v) is 9.38. The lowest BCUT2D eigenvalue weighted by Gasteiger charge is -2.27. The van der Waals surface area contributed by atoms with E-state index in [1.54, 1.807) is 0 Å². The summed E-state index contributed by atoms with van der Waals surface area (Å²) in [6.45, 7) is 0.